The van der Waals surface area contributed by atoms with Crippen molar-refractivity contribution in [2.45, 2.75) is 6.61 Å². The molecule has 6 nitrogen and oxygen atoms in total. The lowest BCUT2D eigenvalue weighted by molar-refractivity contribution is 0.0423. The van der Waals surface area contributed by atoms with E-state index in [0.717, 1.165) is 4.88 Å². The predicted octanol–water partition coefficient (Wildman–Crippen LogP) is 3.14. The lowest BCUT2D eigenvalue weighted by Gasteiger charge is -1.98. The third-order valence-electron chi connectivity index (χ3n) is 2.40. The van der Waals surface area contributed by atoms with Crippen LogP contribution in [-0.2, 0) is 11.3 Å². The van der Waals surface area contributed by atoms with Crippen molar-refractivity contribution in [3.63, 3.8) is 0 Å². The SMILES string of the molecule is O=C(OCc1nc(-c2cccs2)no1)c1cc(Cl)c[nH]1. The van der Waals surface area contributed by atoms with Crippen molar-refractivity contribution < 1.29 is 14.1 Å². The molecule has 0 spiro atoms. The molecule has 3 rings (SSSR count). The molecule has 0 aliphatic heterocycles. The molecule has 0 unspecified atom stereocenters. The van der Waals surface area contributed by atoms with Crippen molar-refractivity contribution in [3.8, 4) is 10.7 Å². The van der Waals surface area contributed by atoms with Gasteiger partial charge in [-0.05, 0) is 17.5 Å². The highest BCUT2D eigenvalue weighted by Crippen LogP contribution is 2.21. The molecule has 20 heavy (non-hydrogen) atoms. The maximum absolute atomic E-state index is 11.7. The zero-order valence-electron chi connectivity index (χ0n) is 10.00. The molecule has 0 radical (unpaired) electrons. The normalized spacial score (nSPS) is 10.7. The third kappa shape index (κ3) is 2.73. The number of esters is 1. The van der Waals surface area contributed by atoms with Crippen LogP contribution in [0.15, 0.2) is 34.3 Å². The van der Waals surface area contributed by atoms with E-state index in [1.165, 1.54) is 23.6 Å². The van der Waals surface area contributed by atoms with E-state index in [0.29, 0.717) is 10.8 Å². The van der Waals surface area contributed by atoms with Crippen LogP contribution in [0.1, 0.15) is 16.4 Å². The van der Waals surface area contributed by atoms with Crippen molar-refractivity contribution in [1.82, 2.24) is 15.1 Å². The number of thiophene rings is 1. The predicted molar refractivity (Wildman–Crippen MR) is 72.5 cm³/mol. The van der Waals surface area contributed by atoms with E-state index in [-0.39, 0.29) is 18.2 Å². The molecule has 3 aromatic rings. The highest BCUT2D eigenvalue weighted by atomic mass is 35.5. The summed E-state index contributed by atoms with van der Waals surface area (Å²) in [7, 11) is 0. The molecule has 8 heteroatoms. The van der Waals surface area contributed by atoms with E-state index in [2.05, 4.69) is 15.1 Å². The van der Waals surface area contributed by atoms with Crippen LogP contribution in [0.4, 0.5) is 0 Å². The average molecular weight is 310 g/mol. The van der Waals surface area contributed by atoms with Gasteiger partial charge in [-0.3, -0.25) is 0 Å². The Balaban J connectivity index is 1.63. The van der Waals surface area contributed by atoms with Gasteiger partial charge in [0.15, 0.2) is 6.61 Å². The summed E-state index contributed by atoms with van der Waals surface area (Å²) in [6.45, 7) is -0.0894. The van der Waals surface area contributed by atoms with Crippen LogP contribution >= 0.6 is 22.9 Å². The Morgan fingerprint density at radius 3 is 3.15 bits per heavy atom. The molecule has 0 saturated heterocycles. The summed E-state index contributed by atoms with van der Waals surface area (Å²) in [6, 6.07) is 5.26. The van der Waals surface area contributed by atoms with Crippen LogP contribution < -0.4 is 0 Å². The third-order valence-corrected chi connectivity index (χ3v) is 3.49. The molecule has 3 heterocycles. The van der Waals surface area contributed by atoms with E-state index in [9.17, 15) is 4.79 Å². The number of carbonyl (C=O) groups is 1. The Hall–Kier alpha value is -2.12. The second kappa shape index (κ2) is 5.48. The number of rotatable bonds is 4. The van der Waals surface area contributed by atoms with Crippen LogP contribution in [0.2, 0.25) is 5.02 Å². The van der Waals surface area contributed by atoms with Gasteiger partial charge in [0.2, 0.25) is 5.82 Å². The zero-order valence-corrected chi connectivity index (χ0v) is 11.6. The molecule has 0 atom stereocenters. The fourth-order valence-electron chi connectivity index (χ4n) is 1.51. The summed E-state index contributed by atoms with van der Waals surface area (Å²) in [4.78, 5) is 19.4. The van der Waals surface area contributed by atoms with E-state index in [1.54, 1.807) is 0 Å². The Morgan fingerprint density at radius 2 is 2.45 bits per heavy atom. The second-order valence-corrected chi connectivity index (χ2v) is 5.18. The van der Waals surface area contributed by atoms with Crippen LogP contribution in [0, 0.1) is 0 Å². The molecule has 1 N–H and O–H groups in total. The number of ether oxygens (including phenoxy) is 1. The number of nitrogens with zero attached hydrogens (tertiary/aromatic N) is 2. The fourth-order valence-corrected chi connectivity index (χ4v) is 2.32. The van der Waals surface area contributed by atoms with Crippen molar-refractivity contribution in [2.24, 2.45) is 0 Å². The maximum Gasteiger partial charge on any atom is 0.355 e. The quantitative estimate of drug-likeness (QED) is 0.749. The minimum absolute atomic E-state index is 0.0894. The first kappa shape index (κ1) is 12.9. The Kier molecular flexibility index (Phi) is 3.53. The number of aromatic amines is 1. The molecular weight excluding hydrogens is 302 g/mol. The van der Waals surface area contributed by atoms with Crippen molar-refractivity contribution in [3.05, 3.63) is 46.4 Å². The molecule has 0 saturated carbocycles. The number of halogens is 1. The zero-order chi connectivity index (χ0) is 13.9. The van der Waals surface area contributed by atoms with Gasteiger partial charge in [-0.2, -0.15) is 4.98 Å². The molecule has 0 aromatic carbocycles. The van der Waals surface area contributed by atoms with Crippen molar-refractivity contribution in [1.29, 1.82) is 0 Å². The summed E-state index contributed by atoms with van der Waals surface area (Å²) in [5, 5.41) is 6.17. The molecule has 3 aromatic heterocycles. The van der Waals surface area contributed by atoms with Crippen LogP contribution in [-0.4, -0.2) is 21.1 Å². The minimum atomic E-state index is -0.534. The number of H-pyrrole nitrogens is 1. The minimum Gasteiger partial charge on any atom is -0.451 e. The van der Waals surface area contributed by atoms with E-state index >= 15 is 0 Å². The van der Waals surface area contributed by atoms with Gasteiger partial charge in [-0.15, -0.1) is 11.3 Å². The summed E-state index contributed by atoms with van der Waals surface area (Å²) in [5.74, 6) is 0.182. The van der Waals surface area contributed by atoms with Gasteiger partial charge in [-0.1, -0.05) is 22.8 Å². The number of carbonyl (C=O) groups excluding carboxylic acids is 1. The van der Waals surface area contributed by atoms with Crippen LogP contribution in [0.25, 0.3) is 10.7 Å². The largest absolute Gasteiger partial charge is 0.451 e. The summed E-state index contributed by atoms with van der Waals surface area (Å²) >= 11 is 7.20. The standard InChI is InChI=1S/C12H8ClN3O3S/c13-7-4-8(14-5-7)12(17)18-6-10-15-11(16-19-10)9-2-1-3-20-9/h1-5,14H,6H2. The smallest absolute Gasteiger partial charge is 0.355 e. The van der Waals surface area contributed by atoms with Crippen molar-refractivity contribution >= 4 is 28.9 Å². The van der Waals surface area contributed by atoms with Crippen LogP contribution in [0.5, 0.6) is 0 Å². The molecule has 102 valence electrons. The number of hydrogen-bond acceptors (Lipinski definition) is 6. The first-order chi connectivity index (χ1) is 9.72. The summed E-state index contributed by atoms with van der Waals surface area (Å²) < 4.78 is 10.0. The summed E-state index contributed by atoms with van der Waals surface area (Å²) in [5.41, 5.74) is 0.271. The van der Waals surface area contributed by atoms with E-state index < -0.39 is 5.97 Å². The molecular formula is C12H8ClN3O3S. The fraction of sp³-hybridized carbons (Fsp3) is 0.0833. The lowest BCUT2D eigenvalue weighted by Crippen LogP contribution is -2.05. The van der Waals surface area contributed by atoms with Gasteiger partial charge in [0.1, 0.15) is 5.69 Å². The Bertz CT molecular complexity index is 720. The molecule has 0 bridgehead atoms. The van der Waals surface area contributed by atoms with Gasteiger partial charge in [0, 0.05) is 6.20 Å². The molecule has 0 amide bonds. The maximum atomic E-state index is 11.7. The molecule has 0 aliphatic rings. The number of nitrogens with one attached hydrogen (secondary N) is 1. The highest BCUT2D eigenvalue weighted by Gasteiger charge is 2.14. The molecule has 0 aliphatic carbocycles. The first-order valence-corrected chi connectivity index (χ1v) is 6.85. The van der Waals surface area contributed by atoms with Crippen molar-refractivity contribution in [2.75, 3.05) is 0 Å². The first-order valence-electron chi connectivity index (χ1n) is 5.60. The van der Waals surface area contributed by atoms with Gasteiger partial charge >= 0.3 is 5.97 Å². The van der Waals surface area contributed by atoms with E-state index in [1.807, 2.05) is 17.5 Å². The van der Waals surface area contributed by atoms with Gasteiger partial charge in [0.25, 0.3) is 5.89 Å². The topological polar surface area (TPSA) is 81.0 Å². The van der Waals surface area contributed by atoms with Crippen LogP contribution in [0.3, 0.4) is 0 Å². The monoisotopic (exact) mass is 309 g/mol. The highest BCUT2D eigenvalue weighted by molar-refractivity contribution is 7.13. The Labute approximate surface area is 122 Å². The van der Waals surface area contributed by atoms with Gasteiger partial charge in [0.05, 0.1) is 9.90 Å². The summed E-state index contributed by atoms with van der Waals surface area (Å²) in [6.07, 6.45) is 1.50. The van der Waals surface area contributed by atoms with Gasteiger partial charge in [-0.25, -0.2) is 4.79 Å². The number of aromatic nitrogens is 3. The second-order valence-electron chi connectivity index (χ2n) is 3.80. The Morgan fingerprint density at radius 1 is 1.55 bits per heavy atom. The van der Waals surface area contributed by atoms with E-state index in [4.69, 9.17) is 20.9 Å². The van der Waals surface area contributed by atoms with Gasteiger partial charge < -0.3 is 14.2 Å². The lowest BCUT2D eigenvalue weighted by atomic mass is 10.4. The number of hydrogen-bond donors (Lipinski definition) is 1. The molecule has 0 fully saturated rings. The average Bonchev–Trinajstić information content (AvgIpc) is 3.16.